The fourth-order valence-electron chi connectivity index (χ4n) is 2.30. The summed E-state index contributed by atoms with van der Waals surface area (Å²) in [5, 5.41) is 0. The third-order valence-electron chi connectivity index (χ3n) is 3.44. The van der Waals surface area contributed by atoms with Gasteiger partial charge in [-0.25, -0.2) is 15.0 Å². The monoisotopic (exact) mass is 285 g/mol. The zero-order chi connectivity index (χ0) is 14.8. The second kappa shape index (κ2) is 5.35. The van der Waals surface area contributed by atoms with Crippen molar-refractivity contribution in [3.63, 3.8) is 0 Å². The first-order valence-electron chi connectivity index (χ1n) is 6.57. The molecule has 0 aromatic carbocycles. The minimum absolute atomic E-state index is 0.0759. The third-order valence-corrected chi connectivity index (χ3v) is 3.44. The van der Waals surface area contributed by atoms with E-state index < -0.39 is 0 Å². The number of methoxy groups -OCH3 is 1. The Balaban J connectivity index is 1.79. The van der Waals surface area contributed by atoms with Crippen LogP contribution in [0.25, 0.3) is 0 Å². The van der Waals surface area contributed by atoms with Gasteiger partial charge in [0.25, 0.3) is 5.91 Å². The summed E-state index contributed by atoms with van der Waals surface area (Å²) in [6.07, 6.45) is 3.98. The fraction of sp³-hybridized carbons (Fsp3) is 0.286. The molecule has 0 aliphatic carbocycles. The Hall–Kier alpha value is -2.70. The predicted molar refractivity (Wildman–Crippen MR) is 75.7 cm³/mol. The van der Waals surface area contributed by atoms with Gasteiger partial charge < -0.3 is 15.4 Å². The topological polar surface area (TPSA) is 94.2 Å². The average Bonchev–Trinajstić information content (AvgIpc) is 2.53. The van der Waals surface area contributed by atoms with Gasteiger partial charge in [-0.2, -0.15) is 0 Å². The molecule has 108 valence electrons. The van der Waals surface area contributed by atoms with Crippen molar-refractivity contribution in [2.45, 2.75) is 13.0 Å². The number of carbonyl (C=O) groups excluding carboxylic acids is 1. The summed E-state index contributed by atoms with van der Waals surface area (Å²) in [6.45, 7) is 1.07. The highest BCUT2D eigenvalue weighted by atomic mass is 16.5. The summed E-state index contributed by atoms with van der Waals surface area (Å²) in [5.74, 6) is 0.637. The van der Waals surface area contributed by atoms with Gasteiger partial charge in [-0.15, -0.1) is 0 Å². The first kappa shape index (κ1) is 13.3. The van der Waals surface area contributed by atoms with Crippen molar-refractivity contribution in [3.8, 4) is 5.88 Å². The molecule has 1 aliphatic heterocycles. The highest BCUT2D eigenvalue weighted by Gasteiger charge is 2.23. The van der Waals surface area contributed by atoms with Crippen molar-refractivity contribution in [2.24, 2.45) is 0 Å². The van der Waals surface area contributed by atoms with Crippen LogP contribution in [0.1, 0.15) is 21.6 Å². The predicted octanol–water partition coefficient (Wildman–Crippen LogP) is 0.661. The molecule has 0 spiro atoms. The number of nitrogens with two attached hydrogens (primary N) is 1. The Kier molecular flexibility index (Phi) is 3.39. The van der Waals surface area contributed by atoms with Crippen molar-refractivity contribution in [3.05, 3.63) is 41.3 Å². The molecule has 0 bridgehead atoms. The molecular weight excluding hydrogens is 270 g/mol. The Morgan fingerprint density at radius 3 is 2.90 bits per heavy atom. The Morgan fingerprint density at radius 2 is 2.19 bits per heavy atom. The van der Waals surface area contributed by atoms with Crippen LogP contribution in [0.3, 0.4) is 0 Å². The van der Waals surface area contributed by atoms with Gasteiger partial charge in [-0.1, -0.05) is 0 Å². The largest absolute Gasteiger partial charge is 0.481 e. The molecule has 0 radical (unpaired) electrons. The summed E-state index contributed by atoms with van der Waals surface area (Å²) in [4.78, 5) is 26.4. The molecule has 2 aromatic heterocycles. The highest BCUT2D eigenvalue weighted by molar-refractivity contribution is 5.94. The number of amides is 1. The molecule has 1 aliphatic rings. The number of fused-ring (bicyclic) bond motifs is 1. The van der Waals surface area contributed by atoms with Crippen LogP contribution in [0.4, 0.5) is 5.95 Å². The number of aromatic nitrogens is 3. The molecule has 0 atom stereocenters. The number of hydrogen-bond acceptors (Lipinski definition) is 6. The summed E-state index contributed by atoms with van der Waals surface area (Å²) in [7, 11) is 1.54. The van der Waals surface area contributed by atoms with E-state index in [4.69, 9.17) is 10.5 Å². The maximum absolute atomic E-state index is 12.5. The van der Waals surface area contributed by atoms with E-state index in [-0.39, 0.29) is 11.9 Å². The number of pyridine rings is 1. The number of ether oxygens (including phenoxy) is 1. The Bertz CT molecular complexity index is 672. The molecule has 0 saturated carbocycles. The number of nitrogens with zero attached hydrogens (tertiary/aromatic N) is 4. The molecule has 2 aromatic rings. The minimum Gasteiger partial charge on any atom is -0.481 e. The first-order valence-corrected chi connectivity index (χ1v) is 6.57. The lowest BCUT2D eigenvalue weighted by atomic mass is 10.1. The third kappa shape index (κ3) is 2.62. The smallest absolute Gasteiger partial charge is 0.255 e. The van der Waals surface area contributed by atoms with E-state index in [0.29, 0.717) is 24.5 Å². The minimum atomic E-state index is -0.0759. The highest BCUT2D eigenvalue weighted by Crippen LogP contribution is 2.19. The van der Waals surface area contributed by atoms with Crippen LogP contribution in [0.2, 0.25) is 0 Å². The Labute approximate surface area is 121 Å². The molecule has 1 amide bonds. The van der Waals surface area contributed by atoms with E-state index in [9.17, 15) is 4.79 Å². The van der Waals surface area contributed by atoms with Crippen LogP contribution in [0.5, 0.6) is 5.88 Å². The number of anilines is 1. The van der Waals surface area contributed by atoms with Crippen molar-refractivity contribution >= 4 is 11.9 Å². The average molecular weight is 285 g/mol. The zero-order valence-corrected chi connectivity index (χ0v) is 11.6. The van der Waals surface area contributed by atoms with E-state index in [2.05, 4.69) is 15.0 Å². The number of nitrogen functional groups attached to an aromatic ring is 1. The van der Waals surface area contributed by atoms with Gasteiger partial charge in [-0.3, -0.25) is 4.79 Å². The lowest BCUT2D eigenvalue weighted by Gasteiger charge is -2.27. The van der Waals surface area contributed by atoms with Gasteiger partial charge >= 0.3 is 0 Å². The zero-order valence-electron chi connectivity index (χ0n) is 11.6. The lowest BCUT2D eigenvalue weighted by molar-refractivity contribution is 0.0731. The Morgan fingerprint density at radius 1 is 1.33 bits per heavy atom. The van der Waals surface area contributed by atoms with Crippen LogP contribution in [0.15, 0.2) is 24.5 Å². The molecule has 0 saturated heterocycles. The normalized spacial score (nSPS) is 13.7. The van der Waals surface area contributed by atoms with Gasteiger partial charge in [-0.05, 0) is 18.1 Å². The second-order valence-electron chi connectivity index (χ2n) is 4.77. The standard InChI is InChI=1S/C14H15N5O2/c1-21-12-3-2-10(7-16-12)13(20)19-5-4-9-6-17-14(15)18-11(9)8-19/h2-3,6-7H,4-5,8H2,1H3,(H2,15,17,18). The summed E-state index contributed by atoms with van der Waals surface area (Å²) < 4.78 is 4.99. The van der Waals surface area contributed by atoms with Crippen LogP contribution < -0.4 is 10.5 Å². The quantitative estimate of drug-likeness (QED) is 0.871. The van der Waals surface area contributed by atoms with Crippen LogP contribution in [-0.4, -0.2) is 39.4 Å². The van der Waals surface area contributed by atoms with Crippen molar-refractivity contribution in [2.75, 3.05) is 19.4 Å². The molecule has 3 heterocycles. The summed E-state index contributed by atoms with van der Waals surface area (Å²) in [6, 6.07) is 3.38. The molecular formula is C14H15N5O2. The first-order chi connectivity index (χ1) is 10.2. The van der Waals surface area contributed by atoms with Crippen molar-refractivity contribution in [1.29, 1.82) is 0 Å². The second-order valence-corrected chi connectivity index (χ2v) is 4.77. The van der Waals surface area contributed by atoms with Crippen LogP contribution in [-0.2, 0) is 13.0 Å². The number of hydrogen-bond donors (Lipinski definition) is 1. The van der Waals surface area contributed by atoms with Gasteiger partial charge in [0.1, 0.15) is 0 Å². The van der Waals surface area contributed by atoms with Gasteiger partial charge in [0.15, 0.2) is 0 Å². The van der Waals surface area contributed by atoms with E-state index >= 15 is 0 Å². The van der Waals surface area contributed by atoms with E-state index in [1.54, 1.807) is 23.2 Å². The SMILES string of the molecule is COc1ccc(C(=O)N2CCc3cnc(N)nc3C2)cn1. The van der Waals surface area contributed by atoms with E-state index in [1.165, 1.54) is 13.3 Å². The maximum atomic E-state index is 12.5. The molecule has 3 rings (SSSR count). The molecule has 0 fully saturated rings. The summed E-state index contributed by atoms with van der Waals surface area (Å²) >= 11 is 0. The molecule has 0 unspecified atom stereocenters. The van der Waals surface area contributed by atoms with Crippen LogP contribution in [0, 0.1) is 0 Å². The number of carbonyl (C=O) groups is 1. The molecule has 2 N–H and O–H groups in total. The van der Waals surface area contributed by atoms with Gasteiger partial charge in [0.2, 0.25) is 11.8 Å². The van der Waals surface area contributed by atoms with Crippen molar-refractivity contribution < 1.29 is 9.53 Å². The molecule has 7 heteroatoms. The van der Waals surface area contributed by atoms with Crippen molar-refractivity contribution in [1.82, 2.24) is 19.9 Å². The summed E-state index contributed by atoms with van der Waals surface area (Å²) in [5.41, 5.74) is 7.98. The fourth-order valence-corrected chi connectivity index (χ4v) is 2.30. The van der Waals surface area contributed by atoms with Gasteiger partial charge in [0, 0.05) is 25.0 Å². The van der Waals surface area contributed by atoms with E-state index in [0.717, 1.165) is 17.7 Å². The van der Waals surface area contributed by atoms with Gasteiger partial charge in [0.05, 0.1) is 24.9 Å². The van der Waals surface area contributed by atoms with Crippen LogP contribution >= 0.6 is 0 Å². The molecule has 21 heavy (non-hydrogen) atoms. The maximum Gasteiger partial charge on any atom is 0.255 e. The number of rotatable bonds is 2. The van der Waals surface area contributed by atoms with E-state index in [1.807, 2.05) is 0 Å². The lowest BCUT2D eigenvalue weighted by Crippen LogP contribution is -2.36. The molecule has 7 nitrogen and oxygen atoms in total.